The van der Waals surface area contributed by atoms with Crippen LogP contribution in [0.4, 0.5) is 0 Å². The lowest BCUT2D eigenvalue weighted by atomic mass is 9.79. The van der Waals surface area contributed by atoms with Gasteiger partial charge in [0, 0.05) is 35.2 Å². The molecule has 6 N–H and O–H groups in total. The van der Waals surface area contributed by atoms with E-state index in [0.717, 1.165) is 56.6 Å². The molecule has 32 heavy (non-hydrogen) atoms. The molecule has 4 rings (SSSR count). The van der Waals surface area contributed by atoms with Crippen molar-refractivity contribution in [1.29, 1.82) is 5.41 Å². The van der Waals surface area contributed by atoms with Gasteiger partial charge in [-0.25, -0.2) is 4.79 Å². The van der Waals surface area contributed by atoms with Crippen LogP contribution in [0.3, 0.4) is 0 Å². The highest BCUT2D eigenvalue weighted by atomic mass is 32.2. The Bertz CT molecular complexity index is 810. The van der Waals surface area contributed by atoms with Crippen LogP contribution >= 0.6 is 11.8 Å². The van der Waals surface area contributed by atoms with Gasteiger partial charge in [-0.15, -0.1) is 11.8 Å². The smallest absolute Gasteiger partial charge is 0.353 e. The Kier molecular flexibility index (Phi) is 6.74. The SMILES string of the molecule is C[C@@H](O)[C@H]1C(=O)N2C(C(=O)O)=C(S[C@@H]3CCN(C[C@H]4CC[C@@H](NC(=N)N)CC4)C3)[C@H](C)[C@H]12. The molecule has 5 atom stereocenters. The fourth-order valence-corrected chi connectivity index (χ4v) is 7.51. The van der Waals surface area contributed by atoms with E-state index < -0.39 is 18.0 Å². The summed E-state index contributed by atoms with van der Waals surface area (Å²) >= 11 is 1.63. The number of rotatable bonds is 7. The Balaban J connectivity index is 1.33. The summed E-state index contributed by atoms with van der Waals surface area (Å²) in [7, 11) is 0. The van der Waals surface area contributed by atoms with Gasteiger partial charge in [0.1, 0.15) is 5.70 Å². The lowest BCUT2D eigenvalue weighted by Crippen LogP contribution is -2.63. The molecule has 10 heteroatoms. The molecule has 178 valence electrons. The largest absolute Gasteiger partial charge is 0.477 e. The Morgan fingerprint density at radius 1 is 1.31 bits per heavy atom. The number of β-lactam (4-membered cyclic amide) rings is 1. The molecule has 3 heterocycles. The van der Waals surface area contributed by atoms with Crippen LogP contribution in [-0.4, -0.2) is 80.9 Å². The van der Waals surface area contributed by atoms with Crippen molar-refractivity contribution in [3.05, 3.63) is 10.6 Å². The summed E-state index contributed by atoms with van der Waals surface area (Å²) in [5.74, 6) is -1.20. The van der Waals surface area contributed by atoms with Gasteiger partial charge in [-0.2, -0.15) is 0 Å². The topological polar surface area (TPSA) is 143 Å². The molecule has 9 nitrogen and oxygen atoms in total. The van der Waals surface area contributed by atoms with E-state index in [2.05, 4.69) is 10.2 Å². The predicted molar refractivity (Wildman–Crippen MR) is 123 cm³/mol. The van der Waals surface area contributed by atoms with E-state index in [1.807, 2.05) is 6.92 Å². The summed E-state index contributed by atoms with van der Waals surface area (Å²) in [6.45, 7) is 6.59. The first-order chi connectivity index (χ1) is 15.2. The van der Waals surface area contributed by atoms with Crippen molar-refractivity contribution in [2.24, 2.45) is 23.5 Å². The first-order valence-corrected chi connectivity index (χ1v) is 12.5. The minimum Gasteiger partial charge on any atom is -0.477 e. The van der Waals surface area contributed by atoms with E-state index >= 15 is 0 Å². The molecule has 1 aliphatic carbocycles. The number of nitrogens with zero attached hydrogens (tertiary/aromatic N) is 2. The van der Waals surface area contributed by atoms with Gasteiger partial charge in [-0.3, -0.25) is 10.2 Å². The van der Waals surface area contributed by atoms with Crippen molar-refractivity contribution in [2.75, 3.05) is 19.6 Å². The maximum absolute atomic E-state index is 12.5. The third-order valence-electron chi connectivity index (χ3n) is 7.56. The normalized spacial score (nSPS) is 36.1. The average Bonchev–Trinajstić information content (AvgIpc) is 3.24. The van der Waals surface area contributed by atoms with E-state index in [0.29, 0.717) is 17.2 Å². The highest BCUT2D eigenvalue weighted by Gasteiger charge is 2.60. The second-order valence-electron chi connectivity index (χ2n) is 9.84. The van der Waals surface area contributed by atoms with Crippen LogP contribution in [0.5, 0.6) is 0 Å². The predicted octanol–water partition coefficient (Wildman–Crippen LogP) is 0.989. The van der Waals surface area contributed by atoms with Crippen LogP contribution in [0, 0.1) is 23.2 Å². The molecule has 0 aromatic carbocycles. The maximum Gasteiger partial charge on any atom is 0.353 e. The molecule has 0 aromatic rings. The van der Waals surface area contributed by atoms with Crippen molar-refractivity contribution in [3.8, 4) is 0 Å². The second-order valence-corrected chi connectivity index (χ2v) is 11.2. The summed E-state index contributed by atoms with van der Waals surface area (Å²) in [5.41, 5.74) is 5.58. The van der Waals surface area contributed by atoms with Crippen molar-refractivity contribution in [2.45, 2.75) is 69.4 Å². The second kappa shape index (κ2) is 9.23. The first-order valence-electron chi connectivity index (χ1n) is 11.7. The van der Waals surface area contributed by atoms with Crippen LogP contribution in [0.1, 0.15) is 46.0 Å². The van der Waals surface area contributed by atoms with Crippen LogP contribution in [0.15, 0.2) is 10.6 Å². The van der Waals surface area contributed by atoms with Crippen molar-refractivity contribution in [1.82, 2.24) is 15.1 Å². The molecule has 0 bridgehead atoms. The van der Waals surface area contributed by atoms with Crippen molar-refractivity contribution < 1.29 is 19.8 Å². The number of aliphatic carboxylic acids is 1. The van der Waals surface area contributed by atoms with Gasteiger partial charge in [0.25, 0.3) is 0 Å². The van der Waals surface area contributed by atoms with Gasteiger partial charge >= 0.3 is 5.97 Å². The summed E-state index contributed by atoms with van der Waals surface area (Å²) in [4.78, 5) is 29.2. The summed E-state index contributed by atoms with van der Waals surface area (Å²) < 4.78 is 0. The first kappa shape index (κ1) is 23.4. The lowest BCUT2D eigenvalue weighted by Gasteiger charge is -2.46. The van der Waals surface area contributed by atoms with E-state index in [9.17, 15) is 19.8 Å². The zero-order chi connectivity index (χ0) is 23.2. The fraction of sp³-hybridized carbons (Fsp3) is 0.773. The Labute approximate surface area is 193 Å². The van der Waals surface area contributed by atoms with Crippen molar-refractivity contribution >= 4 is 29.6 Å². The Morgan fingerprint density at radius 2 is 2.00 bits per heavy atom. The van der Waals surface area contributed by atoms with Gasteiger partial charge in [0.2, 0.25) is 5.91 Å². The quantitative estimate of drug-likeness (QED) is 0.213. The molecule has 0 spiro atoms. The third-order valence-corrected chi connectivity index (χ3v) is 9.09. The monoisotopic (exact) mass is 465 g/mol. The number of hydrogen-bond acceptors (Lipinski definition) is 6. The van der Waals surface area contributed by atoms with Crippen LogP contribution in [0.2, 0.25) is 0 Å². The molecule has 1 amide bonds. The maximum atomic E-state index is 12.5. The summed E-state index contributed by atoms with van der Waals surface area (Å²) in [6.07, 6.45) is 4.58. The molecular formula is C22H35N5O4S. The average molecular weight is 466 g/mol. The van der Waals surface area contributed by atoms with Gasteiger partial charge in [-0.05, 0) is 51.5 Å². The number of amides is 1. The summed E-state index contributed by atoms with van der Waals surface area (Å²) in [6, 6.07) is 0.0711. The number of carboxylic acids is 1. The number of guanidine groups is 1. The molecule has 1 saturated carbocycles. The number of likely N-dealkylation sites (tertiary alicyclic amines) is 1. The third kappa shape index (κ3) is 4.36. The standard InChI is InChI=1S/C22H35N5O4S/c1-11-17-16(12(2)28)20(29)27(17)18(21(30)31)19(11)32-15-7-8-26(10-15)9-13-3-5-14(6-4-13)25-22(23)24/h11-17,28H,3-10H2,1-2H3,(H,30,31)(H4,23,24,25)/t11-,12-,13-,14+,15-,16-,17-/m1/s1. The number of thioether (sulfide) groups is 1. The minimum atomic E-state index is -1.05. The highest BCUT2D eigenvalue weighted by molar-refractivity contribution is 8.03. The van der Waals surface area contributed by atoms with E-state index in [1.165, 1.54) is 4.90 Å². The Hall–Kier alpha value is -1.78. The van der Waals surface area contributed by atoms with Gasteiger partial charge in [0.05, 0.1) is 18.1 Å². The zero-order valence-electron chi connectivity index (χ0n) is 18.8. The fourth-order valence-electron chi connectivity index (χ4n) is 5.99. The van der Waals surface area contributed by atoms with E-state index in [-0.39, 0.29) is 29.5 Å². The number of carbonyl (C=O) groups is 2. The molecule has 3 fully saturated rings. The van der Waals surface area contributed by atoms with Crippen LogP contribution < -0.4 is 11.1 Å². The van der Waals surface area contributed by atoms with Gasteiger partial charge in [-0.1, -0.05) is 6.92 Å². The van der Waals surface area contributed by atoms with E-state index in [4.69, 9.17) is 11.1 Å². The number of aliphatic hydroxyl groups is 1. The number of nitrogens with one attached hydrogen (secondary N) is 2. The molecule has 0 unspecified atom stereocenters. The number of carboxylic acid groups (broad SMARTS) is 1. The molecule has 3 aliphatic heterocycles. The minimum absolute atomic E-state index is 0.0512. The van der Waals surface area contributed by atoms with Crippen molar-refractivity contribution in [3.63, 3.8) is 0 Å². The molecule has 2 saturated heterocycles. The van der Waals surface area contributed by atoms with Crippen LogP contribution in [0.25, 0.3) is 0 Å². The summed E-state index contributed by atoms with van der Waals surface area (Å²) in [5, 5.41) is 30.6. The number of hydrogen-bond donors (Lipinski definition) is 5. The van der Waals surface area contributed by atoms with E-state index in [1.54, 1.807) is 18.7 Å². The zero-order valence-corrected chi connectivity index (χ0v) is 19.6. The number of nitrogens with two attached hydrogens (primary N) is 1. The molecular weight excluding hydrogens is 430 g/mol. The number of fused-ring (bicyclic) bond motifs is 1. The molecule has 0 radical (unpaired) electrons. The van der Waals surface area contributed by atoms with Crippen LogP contribution in [-0.2, 0) is 9.59 Å². The molecule has 4 aliphatic rings. The number of carbonyl (C=O) groups excluding carboxylic acids is 1. The Morgan fingerprint density at radius 3 is 2.59 bits per heavy atom. The molecule has 0 aromatic heterocycles. The highest BCUT2D eigenvalue weighted by Crippen LogP contribution is 2.52. The van der Waals surface area contributed by atoms with Gasteiger partial charge in [0.15, 0.2) is 5.96 Å². The lowest BCUT2D eigenvalue weighted by molar-refractivity contribution is -0.163. The number of aliphatic hydroxyl groups excluding tert-OH is 1. The van der Waals surface area contributed by atoms with Gasteiger partial charge < -0.3 is 31.1 Å².